The third-order valence-electron chi connectivity index (χ3n) is 5.58. The summed E-state index contributed by atoms with van der Waals surface area (Å²) in [6.07, 6.45) is 2.08. The average molecular weight is 406 g/mol. The number of aryl methyl sites for hydroxylation is 3. The molecule has 0 heterocycles. The third kappa shape index (κ3) is 3.50. The van der Waals surface area contributed by atoms with Crippen LogP contribution in [-0.4, -0.2) is 19.1 Å². The van der Waals surface area contributed by atoms with E-state index in [1.54, 1.807) is 36.4 Å². The number of nitrogens with one attached hydrogen (secondary N) is 1. The van der Waals surface area contributed by atoms with Crippen LogP contribution in [-0.2, 0) is 14.6 Å². The van der Waals surface area contributed by atoms with Gasteiger partial charge in [-0.2, -0.15) is 0 Å². The molecule has 1 saturated carbocycles. The number of carbonyl (C=O) groups excluding carboxylic acids is 1. The molecule has 1 fully saturated rings. The maximum atomic E-state index is 13.5. The third-order valence-corrected chi connectivity index (χ3v) is 8.31. The highest BCUT2D eigenvalue weighted by Crippen LogP contribution is 2.42. The fourth-order valence-electron chi connectivity index (χ4n) is 3.64. The smallest absolute Gasteiger partial charge is 0.246 e. The number of halogens is 1. The van der Waals surface area contributed by atoms with Gasteiger partial charge in [-0.25, -0.2) is 8.42 Å². The molecule has 0 bridgehead atoms. The molecule has 1 aliphatic rings. The van der Waals surface area contributed by atoms with E-state index in [1.807, 2.05) is 20.8 Å². The second-order valence-electron chi connectivity index (χ2n) is 7.36. The Bertz CT molecular complexity index is 992. The number of hydrogen-bond donors (Lipinski definition) is 1. The van der Waals surface area contributed by atoms with Gasteiger partial charge in [0.05, 0.1) is 4.90 Å². The summed E-state index contributed by atoms with van der Waals surface area (Å²) in [6, 6.07) is 10.3. The van der Waals surface area contributed by atoms with Gasteiger partial charge in [-0.1, -0.05) is 36.6 Å². The number of rotatable bonds is 4. The minimum absolute atomic E-state index is 0.213. The standard InChI is InChI=1S/C21H24ClNO3S/c1-14-7-9-18(12-16(14)3)27(25,26)21(10-4-5-11-21)20(24)23-19-13-17(22)8-6-15(19)2/h6-9,12-13H,4-5,10-11H2,1-3H3,(H,23,24). The monoisotopic (exact) mass is 405 g/mol. The zero-order valence-electron chi connectivity index (χ0n) is 15.8. The minimum Gasteiger partial charge on any atom is -0.324 e. The molecule has 0 spiro atoms. The van der Waals surface area contributed by atoms with Crippen molar-refractivity contribution >= 4 is 33.0 Å². The molecule has 4 nitrogen and oxygen atoms in total. The van der Waals surface area contributed by atoms with Crippen LogP contribution in [0, 0.1) is 20.8 Å². The van der Waals surface area contributed by atoms with Crippen molar-refractivity contribution in [3.05, 3.63) is 58.1 Å². The summed E-state index contributed by atoms with van der Waals surface area (Å²) >= 11 is 6.04. The summed E-state index contributed by atoms with van der Waals surface area (Å²) in [4.78, 5) is 13.5. The molecule has 0 aromatic heterocycles. The van der Waals surface area contributed by atoms with Gasteiger partial charge >= 0.3 is 0 Å². The quantitative estimate of drug-likeness (QED) is 0.779. The summed E-state index contributed by atoms with van der Waals surface area (Å²) in [5.74, 6) is -0.469. The minimum atomic E-state index is -3.83. The zero-order chi connectivity index (χ0) is 19.8. The Balaban J connectivity index is 2.03. The molecule has 1 aliphatic carbocycles. The Morgan fingerprint density at radius 1 is 0.963 bits per heavy atom. The number of hydrogen-bond acceptors (Lipinski definition) is 3. The van der Waals surface area contributed by atoms with Crippen molar-refractivity contribution in [2.24, 2.45) is 0 Å². The Morgan fingerprint density at radius 2 is 1.59 bits per heavy atom. The fraction of sp³-hybridized carbons (Fsp3) is 0.381. The Hall–Kier alpha value is -1.85. The number of benzene rings is 2. The highest BCUT2D eigenvalue weighted by molar-refractivity contribution is 7.93. The second kappa shape index (κ2) is 7.28. The molecule has 144 valence electrons. The molecule has 0 radical (unpaired) electrons. The summed E-state index contributed by atoms with van der Waals surface area (Å²) in [6.45, 7) is 5.67. The Morgan fingerprint density at radius 3 is 2.22 bits per heavy atom. The molecule has 3 rings (SSSR count). The van der Waals surface area contributed by atoms with E-state index in [9.17, 15) is 13.2 Å². The molecule has 1 N–H and O–H groups in total. The van der Waals surface area contributed by atoms with Crippen LogP contribution in [0.4, 0.5) is 5.69 Å². The van der Waals surface area contributed by atoms with Gasteiger partial charge in [-0.15, -0.1) is 0 Å². The van der Waals surface area contributed by atoms with Crippen LogP contribution in [0.25, 0.3) is 0 Å². The molecule has 0 atom stereocenters. The van der Waals surface area contributed by atoms with Crippen LogP contribution in [0.5, 0.6) is 0 Å². The van der Waals surface area contributed by atoms with Crippen LogP contribution in [0.3, 0.4) is 0 Å². The number of anilines is 1. The van der Waals surface area contributed by atoms with Gasteiger partial charge in [0.25, 0.3) is 0 Å². The lowest BCUT2D eigenvalue weighted by atomic mass is 10.1. The molecule has 2 aromatic rings. The van der Waals surface area contributed by atoms with Crippen molar-refractivity contribution in [2.45, 2.75) is 56.1 Å². The van der Waals surface area contributed by atoms with E-state index in [0.717, 1.165) is 16.7 Å². The molecule has 1 amide bonds. The first-order valence-electron chi connectivity index (χ1n) is 9.07. The largest absolute Gasteiger partial charge is 0.324 e. The van der Waals surface area contributed by atoms with E-state index in [4.69, 9.17) is 11.6 Å². The molecule has 0 aliphatic heterocycles. The van der Waals surface area contributed by atoms with Crippen molar-refractivity contribution in [1.82, 2.24) is 0 Å². The predicted molar refractivity (Wildman–Crippen MR) is 109 cm³/mol. The first-order valence-corrected chi connectivity index (χ1v) is 10.9. The highest BCUT2D eigenvalue weighted by atomic mass is 35.5. The molecule has 6 heteroatoms. The summed E-state index contributed by atoms with van der Waals surface area (Å²) < 4.78 is 25.6. The van der Waals surface area contributed by atoms with E-state index >= 15 is 0 Å². The van der Waals surface area contributed by atoms with Crippen molar-refractivity contribution in [2.75, 3.05) is 5.32 Å². The summed E-state index contributed by atoms with van der Waals surface area (Å²) in [5, 5.41) is 3.33. The van der Waals surface area contributed by atoms with Crippen LogP contribution >= 0.6 is 11.6 Å². The van der Waals surface area contributed by atoms with E-state index in [0.29, 0.717) is 36.4 Å². The van der Waals surface area contributed by atoms with E-state index < -0.39 is 20.5 Å². The number of carbonyl (C=O) groups is 1. The van der Waals surface area contributed by atoms with E-state index in [-0.39, 0.29) is 4.90 Å². The van der Waals surface area contributed by atoms with Gasteiger partial charge in [0.15, 0.2) is 14.6 Å². The summed E-state index contributed by atoms with van der Waals surface area (Å²) in [7, 11) is -3.83. The maximum Gasteiger partial charge on any atom is 0.246 e. The van der Waals surface area contributed by atoms with Crippen LogP contribution in [0.1, 0.15) is 42.4 Å². The van der Waals surface area contributed by atoms with Crippen LogP contribution < -0.4 is 5.32 Å². The molecular formula is C21H24ClNO3S. The first kappa shape index (κ1) is 19.9. The van der Waals surface area contributed by atoms with Crippen molar-refractivity contribution < 1.29 is 13.2 Å². The number of amides is 1. The molecule has 27 heavy (non-hydrogen) atoms. The van der Waals surface area contributed by atoms with Gasteiger partial charge in [0.2, 0.25) is 5.91 Å². The van der Waals surface area contributed by atoms with Crippen LogP contribution in [0.2, 0.25) is 5.02 Å². The highest BCUT2D eigenvalue weighted by Gasteiger charge is 2.53. The lowest BCUT2D eigenvalue weighted by molar-refractivity contribution is -0.118. The van der Waals surface area contributed by atoms with Crippen molar-refractivity contribution in [3.8, 4) is 0 Å². The molecule has 2 aromatic carbocycles. The van der Waals surface area contributed by atoms with Crippen LogP contribution in [0.15, 0.2) is 41.3 Å². The Kier molecular flexibility index (Phi) is 5.37. The zero-order valence-corrected chi connectivity index (χ0v) is 17.4. The van der Waals surface area contributed by atoms with E-state index in [1.165, 1.54) is 0 Å². The summed E-state index contributed by atoms with van der Waals surface area (Å²) in [5.41, 5.74) is 3.31. The first-order chi connectivity index (χ1) is 12.7. The van der Waals surface area contributed by atoms with Gasteiger partial charge < -0.3 is 5.32 Å². The second-order valence-corrected chi connectivity index (χ2v) is 10.1. The maximum absolute atomic E-state index is 13.5. The van der Waals surface area contributed by atoms with Crippen molar-refractivity contribution in [1.29, 1.82) is 0 Å². The average Bonchev–Trinajstić information content (AvgIpc) is 3.12. The van der Waals surface area contributed by atoms with Crippen molar-refractivity contribution in [3.63, 3.8) is 0 Å². The predicted octanol–water partition coefficient (Wildman–Crippen LogP) is 4.99. The fourth-order valence-corrected chi connectivity index (χ4v) is 5.96. The van der Waals surface area contributed by atoms with Gasteiger partial charge in [-0.05, 0) is 74.6 Å². The normalized spacial score (nSPS) is 16.3. The van der Waals surface area contributed by atoms with Gasteiger partial charge in [0.1, 0.15) is 0 Å². The van der Waals surface area contributed by atoms with Gasteiger partial charge in [0, 0.05) is 10.7 Å². The SMILES string of the molecule is Cc1ccc(S(=O)(=O)C2(C(=O)Nc3cc(Cl)ccc3C)CCCC2)cc1C. The molecule has 0 unspecified atom stereocenters. The Labute approximate surface area is 165 Å². The molecular weight excluding hydrogens is 382 g/mol. The van der Waals surface area contributed by atoms with Gasteiger partial charge in [-0.3, -0.25) is 4.79 Å². The lowest BCUT2D eigenvalue weighted by Gasteiger charge is -2.28. The number of sulfone groups is 1. The lowest BCUT2D eigenvalue weighted by Crippen LogP contribution is -2.47. The topological polar surface area (TPSA) is 63.2 Å². The molecule has 0 saturated heterocycles. The van der Waals surface area contributed by atoms with E-state index in [2.05, 4.69) is 5.32 Å².